The molecule has 1 aromatic rings. The summed E-state index contributed by atoms with van der Waals surface area (Å²) in [6.45, 7) is 0. The van der Waals surface area contributed by atoms with E-state index in [0.717, 1.165) is 5.56 Å². The molecule has 0 saturated carbocycles. The minimum absolute atomic E-state index is 0.118. The van der Waals surface area contributed by atoms with Crippen molar-refractivity contribution in [2.24, 2.45) is 0 Å². The molecule has 2 N–H and O–H groups in total. The van der Waals surface area contributed by atoms with Crippen LogP contribution in [0, 0.1) is 34.0 Å². The first-order chi connectivity index (χ1) is 9.64. The number of hydrogen-bond donors (Lipinski definition) is 2. The second-order valence-corrected chi connectivity index (χ2v) is 3.76. The SMILES string of the molecule is CNC(=O)Cc1cccc(NC(C#N)=C(C#N)C#N)c1. The van der Waals surface area contributed by atoms with Gasteiger partial charge in [0.1, 0.15) is 23.9 Å². The van der Waals surface area contributed by atoms with Gasteiger partial charge in [-0.2, -0.15) is 15.8 Å². The van der Waals surface area contributed by atoms with Crippen LogP contribution in [0.2, 0.25) is 0 Å². The highest BCUT2D eigenvalue weighted by atomic mass is 16.1. The Morgan fingerprint density at radius 2 is 1.90 bits per heavy atom. The van der Waals surface area contributed by atoms with Crippen LogP contribution in [0.25, 0.3) is 0 Å². The molecule has 0 fully saturated rings. The van der Waals surface area contributed by atoms with Crippen LogP contribution in [0.3, 0.4) is 0 Å². The number of carbonyl (C=O) groups is 1. The molecule has 0 atom stereocenters. The number of anilines is 1. The van der Waals surface area contributed by atoms with Gasteiger partial charge in [-0.05, 0) is 17.7 Å². The van der Waals surface area contributed by atoms with Gasteiger partial charge in [0.2, 0.25) is 5.91 Å². The molecule has 0 unspecified atom stereocenters. The van der Waals surface area contributed by atoms with Crippen molar-refractivity contribution < 1.29 is 4.79 Å². The van der Waals surface area contributed by atoms with Gasteiger partial charge in [-0.15, -0.1) is 0 Å². The highest BCUT2D eigenvalue weighted by molar-refractivity contribution is 5.78. The summed E-state index contributed by atoms with van der Waals surface area (Å²) in [5.74, 6) is -0.132. The fraction of sp³-hybridized carbons (Fsp3) is 0.143. The summed E-state index contributed by atoms with van der Waals surface area (Å²) in [5, 5.41) is 31.6. The van der Waals surface area contributed by atoms with Crippen molar-refractivity contribution in [1.29, 1.82) is 15.8 Å². The predicted molar refractivity (Wildman–Crippen MR) is 71.7 cm³/mol. The zero-order valence-electron chi connectivity index (χ0n) is 10.8. The number of nitrogens with one attached hydrogen (secondary N) is 2. The van der Waals surface area contributed by atoms with Crippen molar-refractivity contribution in [2.75, 3.05) is 12.4 Å². The van der Waals surface area contributed by atoms with E-state index in [0.29, 0.717) is 5.69 Å². The van der Waals surface area contributed by atoms with Crippen molar-refractivity contribution in [3.63, 3.8) is 0 Å². The number of allylic oxidation sites excluding steroid dienone is 2. The fourth-order valence-electron chi connectivity index (χ4n) is 1.46. The summed E-state index contributed by atoms with van der Waals surface area (Å²) >= 11 is 0. The lowest BCUT2D eigenvalue weighted by Gasteiger charge is -2.07. The monoisotopic (exact) mass is 265 g/mol. The Morgan fingerprint density at radius 3 is 2.45 bits per heavy atom. The standard InChI is InChI=1S/C14H11N5O/c1-18-14(20)6-10-3-2-4-12(5-10)19-13(9-17)11(7-15)8-16/h2-5,19H,6H2,1H3,(H,18,20). The van der Waals surface area contributed by atoms with Crippen molar-refractivity contribution in [1.82, 2.24) is 5.32 Å². The van der Waals surface area contributed by atoms with Gasteiger partial charge in [-0.25, -0.2) is 0 Å². The van der Waals surface area contributed by atoms with E-state index in [1.165, 1.54) is 0 Å². The number of carbonyl (C=O) groups excluding carboxylic acids is 1. The predicted octanol–water partition coefficient (Wildman–Crippen LogP) is 1.21. The Hall–Kier alpha value is -3.30. The molecule has 0 aliphatic rings. The average Bonchev–Trinajstić information content (AvgIpc) is 2.47. The molecule has 20 heavy (non-hydrogen) atoms. The molecule has 0 heterocycles. The van der Waals surface area contributed by atoms with Crippen LogP contribution >= 0.6 is 0 Å². The summed E-state index contributed by atoms with van der Waals surface area (Å²) in [6.07, 6.45) is 0.209. The first-order valence-corrected chi connectivity index (χ1v) is 5.65. The Labute approximate surface area is 116 Å². The second kappa shape index (κ2) is 7.20. The molecule has 0 aliphatic heterocycles. The molecule has 0 radical (unpaired) electrons. The third kappa shape index (κ3) is 3.87. The number of nitrogens with zero attached hydrogens (tertiary/aromatic N) is 3. The maximum atomic E-state index is 11.3. The summed E-state index contributed by atoms with van der Waals surface area (Å²) < 4.78 is 0. The fourth-order valence-corrected chi connectivity index (χ4v) is 1.46. The molecule has 1 amide bonds. The zero-order chi connectivity index (χ0) is 15.0. The van der Waals surface area contributed by atoms with E-state index >= 15 is 0 Å². The quantitative estimate of drug-likeness (QED) is 0.794. The van der Waals surface area contributed by atoms with Gasteiger partial charge in [0, 0.05) is 12.7 Å². The highest BCUT2D eigenvalue weighted by Gasteiger charge is 2.07. The molecule has 98 valence electrons. The number of hydrogen-bond acceptors (Lipinski definition) is 5. The van der Waals surface area contributed by atoms with Crippen LogP contribution in [0.4, 0.5) is 5.69 Å². The van der Waals surface area contributed by atoms with Crippen molar-refractivity contribution >= 4 is 11.6 Å². The smallest absolute Gasteiger partial charge is 0.224 e. The van der Waals surface area contributed by atoms with Crippen LogP contribution in [-0.2, 0) is 11.2 Å². The summed E-state index contributed by atoms with van der Waals surface area (Å²) in [7, 11) is 1.55. The Bertz CT molecular complexity index is 654. The van der Waals surface area contributed by atoms with Crippen molar-refractivity contribution in [2.45, 2.75) is 6.42 Å². The summed E-state index contributed by atoms with van der Waals surface area (Å²) in [4.78, 5) is 11.3. The van der Waals surface area contributed by atoms with Gasteiger partial charge in [-0.3, -0.25) is 4.79 Å². The minimum atomic E-state index is -0.288. The van der Waals surface area contributed by atoms with E-state index < -0.39 is 0 Å². The van der Waals surface area contributed by atoms with Crippen LogP contribution in [0.15, 0.2) is 35.5 Å². The largest absolute Gasteiger partial charge is 0.359 e. The summed E-state index contributed by atoms with van der Waals surface area (Å²) in [6, 6.07) is 11.9. The lowest BCUT2D eigenvalue weighted by molar-refractivity contribution is -0.119. The van der Waals surface area contributed by atoms with Crippen molar-refractivity contribution in [3.05, 3.63) is 41.1 Å². The molecule has 6 nitrogen and oxygen atoms in total. The first-order valence-electron chi connectivity index (χ1n) is 5.65. The lowest BCUT2D eigenvalue weighted by atomic mass is 10.1. The Balaban J connectivity index is 3.00. The minimum Gasteiger partial charge on any atom is -0.359 e. The van der Waals surface area contributed by atoms with Crippen LogP contribution in [-0.4, -0.2) is 13.0 Å². The molecule has 0 saturated heterocycles. The molecule has 6 heteroatoms. The molecular weight excluding hydrogens is 254 g/mol. The molecule has 1 rings (SSSR count). The van der Waals surface area contributed by atoms with Gasteiger partial charge in [0.05, 0.1) is 6.42 Å². The number of benzene rings is 1. The van der Waals surface area contributed by atoms with Gasteiger partial charge < -0.3 is 10.6 Å². The lowest BCUT2D eigenvalue weighted by Crippen LogP contribution is -2.19. The Morgan fingerprint density at radius 1 is 1.20 bits per heavy atom. The number of nitriles is 3. The first kappa shape index (κ1) is 14.8. The third-order valence-electron chi connectivity index (χ3n) is 2.43. The molecule has 0 bridgehead atoms. The van der Waals surface area contributed by atoms with Crippen LogP contribution < -0.4 is 10.6 Å². The molecule has 0 aliphatic carbocycles. The van der Waals surface area contributed by atoms with E-state index in [4.69, 9.17) is 15.8 Å². The van der Waals surface area contributed by atoms with Gasteiger partial charge >= 0.3 is 0 Å². The molecular formula is C14H11N5O. The second-order valence-electron chi connectivity index (χ2n) is 3.76. The maximum Gasteiger partial charge on any atom is 0.224 e. The van der Waals surface area contributed by atoms with E-state index in [1.807, 2.05) is 0 Å². The maximum absolute atomic E-state index is 11.3. The van der Waals surface area contributed by atoms with Gasteiger partial charge in [0.15, 0.2) is 5.57 Å². The van der Waals surface area contributed by atoms with E-state index in [2.05, 4.69) is 10.6 Å². The highest BCUT2D eigenvalue weighted by Crippen LogP contribution is 2.15. The van der Waals surface area contributed by atoms with Crippen molar-refractivity contribution in [3.8, 4) is 18.2 Å². The van der Waals surface area contributed by atoms with Gasteiger partial charge in [0.25, 0.3) is 0 Å². The number of rotatable bonds is 4. The molecule has 1 aromatic carbocycles. The van der Waals surface area contributed by atoms with Gasteiger partial charge in [-0.1, -0.05) is 12.1 Å². The van der Waals surface area contributed by atoms with E-state index in [-0.39, 0.29) is 23.6 Å². The molecule has 0 aromatic heterocycles. The average molecular weight is 265 g/mol. The third-order valence-corrected chi connectivity index (χ3v) is 2.43. The van der Waals surface area contributed by atoms with Crippen LogP contribution in [0.1, 0.15) is 5.56 Å². The summed E-state index contributed by atoms with van der Waals surface area (Å²) in [5.41, 5.74) is 0.879. The normalized spacial score (nSPS) is 8.50. The topological polar surface area (TPSA) is 112 Å². The number of likely N-dealkylation sites (N-methyl/N-ethyl adjacent to an activating group) is 1. The Kier molecular flexibility index (Phi) is 5.32. The molecule has 0 spiro atoms. The van der Waals surface area contributed by atoms with E-state index in [9.17, 15) is 4.79 Å². The van der Waals surface area contributed by atoms with E-state index in [1.54, 1.807) is 49.5 Å². The number of amides is 1. The zero-order valence-corrected chi connectivity index (χ0v) is 10.8. The van der Waals surface area contributed by atoms with Crippen LogP contribution in [0.5, 0.6) is 0 Å².